The number of hydrogen-bond acceptors (Lipinski definition) is 6. The van der Waals surface area contributed by atoms with E-state index < -0.39 is 0 Å². The third-order valence-corrected chi connectivity index (χ3v) is 4.93. The quantitative estimate of drug-likeness (QED) is 0.670. The van der Waals surface area contributed by atoms with E-state index in [1.54, 1.807) is 31.2 Å². The molecule has 28 heavy (non-hydrogen) atoms. The minimum absolute atomic E-state index is 0.196. The van der Waals surface area contributed by atoms with E-state index in [2.05, 4.69) is 16.0 Å². The standard InChI is InChI=1S/C20H23N5O3/c1-27-18-7-14(8-19(9-18)28-2)12-24-13-23-25(20(24)26)17-5-3-15(4-6-17)16-10-21-22-11-16/h3-9,13,16,21-22H,10-12H2,1-2H3. The molecule has 1 aliphatic heterocycles. The number of aromatic nitrogens is 3. The van der Waals surface area contributed by atoms with Crippen LogP contribution in [-0.4, -0.2) is 41.7 Å². The summed E-state index contributed by atoms with van der Waals surface area (Å²) in [4.78, 5) is 12.8. The number of ether oxygens (including phenoxy) is 2. The van der Waals surface area contributed by atoms with E-state index in [0.717, 1.165) is 24.3 Å². The molecule has 8 heteroatoms. The third kappa shape index (κ3) is 3.64. The Morgan fingerprint density at radius 3 is 2.29 bits per heavy atom. The van der Waals surface area contributed by atoms with Crippen LogP contribution in [0.15, 0.2) is 53.6 Å². The number of nitrogens with zero attached hydrogens (tertiary/aromatic N) is 3. The van der Waals surface area contributed by atoms with Gasteiger partial charge in [-0.3, -0.25) is 15.4 Å². The van der Waals surface area contributed by atoms with Crippen molar-refractivity contribution in [1.82, 2.24) is 25.2 Å². The number of methoxy groups -OCH3 is 2. The zero-order valence-corrected chi connectivity index (χ0v) is 15.9. The molecule has 1 fully saturated rings. The molecule has 1 saturated heterocycles. The van der Waals surface area contributed by atoms with Crippen LogP contribution in [-0.2, 0) is 6.54 Å². The van der Waals surface area contributed by atoms with Crippen molar-refractivity contribution in [2.24, 2.45) is 0 Å². The van der Waals surface area contributed by atoms with Gasteiger partial charge in [0.05, 0.1) is 26.5 Å². The van der Waals surface area contributed by atoms with Crippen molar-refractivity contribution >= 4 is 0 Å². The zero-order chi connectivity index (χ0) is 19.5. The van der Waals surface area contributed by atoms with E-state index in [-0.39, 0.29) is 5.69 Å². The smallest absolute Gasteiger partial charge is 0.350 e. The van der Waals surface area contributed by atoms with Crippen LogP contribution in [0.1, 0.15) is 17.0 Å². The first-order valence-corrected chi connectivity index (χ1v) is 9.10. The Morgan fingerprint density at radius 2 is 1.68 bits per heavy atom. The van der Waals surface area contributed by atoms with Gasteiger partial charge in [-0.25, -0.2) is 4.79 Å². The van der Waals surface area contributed by atoms with Crippen molar-refractivity contribution < 1.29 is 9.47 Å². The first-order chi connectivity index (χ1) is 13.7. The number of nitrogens with one attached hydrogen (secondary N) is 2. The maximum Gasteiger partial charge on any atom is 0.350 e. The highest BCUT2D eigenvalue weighted by molar-refractivity contribution is 5.39. The van der Waals surface area contributed by atoms with Gasteiger partial charge in [0.25, 0.3) is 0 Å². The minimum Gasteiger partial charge on any atom is -0.497 e. The molecule has 3 aromatic rings. The number of rotatable bonds is 6. The van der Waals surface area contributed by atoms with Crippen molar-refractivity contribution in [2.45, 2.75) is 12.5 Å². The molecule has 0 spiro atoms. The molecule has 2 heterocycles. The summed E-state index contributed by atoms with van der Waals surface area (Å²) < 4.78 is 13.6. The van der Waals surface area contributed by atoms with Crippen LogP contribution in [0.5, 0.6) is 11.5 Å². The molecule has 4 rings (SSSR count). The molecule has 0 unspecified atom stereocenters. The molecule has 146 valence electrons. The Kier molecular flexibility index (Phi) is 5.14. The highest BCUT2D eigenvalue weighted by Gasteiger charge is 2.16. The van der Waals surface area contributed by atoms with Crippen LogP contribution in [0.4, 0.5) is 0 Å². The summed E-state index contributed by atoms with van der Waals surface area (Å²) in [6.07, 6.45) is 1.55. The van der Waals surface area contributed by atoms with Gasteiger partial charge < -0.3 is 9.47 Å². The fraction of sp³-hybridized carbons (Fsp3) is 0.300. The van der Waals surface area contributed by atoms with Gasteiger partial charge in [-0.05, 0) is 35.4 Å². The summed E-state index contributed by atoms with van der Waals surface area (Å²) in [5.41, 5.74) is 8.94. The molecule has 2 N–H and O–H groups in total. The average molecular weight is 381 g/mol. The molecular formula is C20H23N5O3. The summed E-state index contributed by atoms with van der Waals surface area (Å²) in [6.45, 7) is 2.18. The minimum atomic E-state index is -0.196. The topological polar surface area (TPSA) is 82.3 Å². The predicted molar refractivity (Wildman–Crippen MR) is 105 cm³/mol. The molecule has 2 aromatic carbocycles. The second-order valence-electron chi connectivity index (χ2n) is 6.72. The van der Waals surface area contributed by atoms with Crippen LogP contribution in [0.3, 0.4) is 0 Å². The molecule has 0 aliphatic carbocycles. The molecular weight excluding hydrogens is 358 g/mol. The van der Waals surface area contributed by atoms with Gasteiger partial charge in [-0.1, -0.05) is 12.1 Å². The Morgan fingerprint density at radius 1 is 1.04 bits per heavy atom. The lowest BCUT2D eigenvalue weighted by atomic mass is 10.0. The molecule has 1 aromatic heterocycles. The number of hydrazine groups is 1. The van der Waals surface area contributed by atoms with Gasteiger partial charge in [0, 0.05) is 25.1 Å². The highest BCUT2D eigenvalue weighted by atomic mass is 16.5. The lowest BCUT2D eigenvalue weighted by Crippen LogP contribution is -2.24. The molecule has 8 nitrogen and oxygen atoms in total. The van der Waals surface area contributed by atoms with Crippen molar-refractivity contribution in [1.29, 1.82) is 0 Å². The van der Waals surface area contributed by atoms with E-state index in [4.69, 9.17) is 9.47 Å². The maximum atomic E-state index is 12.8. The van der Waals surface area contributed by atoms with E-state index in [0.29, 0.717) is 24.0 Å². The van der Waals surface area contributed by atoms with Crippen molar-refractivity contribution in [3.05, 3.63) is 70.4 Å². The summed E-state index contributed by atoms with van der Waals surface area (Å²) in [5, 5.41) is 4.27. The SMILES string of the molecule is COc1cc(Cn2cnn(-c3ccc(C4CNNC4)cc3)c2=O)cc(OC)c1. The lowest BCUT2D eigenvalue weighted by molar-refractivity contribution is 0.393. The lowest BCUT2D eigenvalue weighted by Gasteiger charge is -2.09. The van der Waals surface area contributed by atoms with Crippen LogP contribution in [0.2, 0.25) is 0 Å². The Bertz CT molecular complexity index is 981. The highest BCUT2D eigenvalue weighted by Crippen LogP contribution is 2.23. The van der Waals surface area contributed by atoms with Gasteiger partial charge in [-0.2, -0.15) is 9.78 Å². The second-order valence-corrected chi connectivity index (χ2v) is 6.72. The Labute approximate surface area is 162 Å². The summed E-state index contributed by atoms with van der Waals surface area (Å²) in [6, 6.07) is 13.5. The van der Waals surface area contributed by atoms with E-state index >= 15 is 0 Å². The van der Waals surface area contributed by atoms with Gasteiger partial charge in [-0.15, -0.1) is 0 Å². The van der Waals surface area contributed by atoms with Crippen LogP contribution in [0.25, 0.3) is 5.69 Å². The van der Waals surface area contributed by atoms with Crippen molar-refractivity contribution in [3.8, 4) is 17.2 Å². The predicted octanol–water partition coefficient (Wildman–Crippen LogP) is 1.29. The first kappa shape index (κ1) is 18.3. The van der Waals surface area contributed by atoms with Gasteiger partial charge in [0.2, 0.25) is 0 Å². The van der Waals surface area contributed by atoms with Gasteiger partial charge in [0.1, 0.15) is 17.8 Å². The summed E-state index contributed by atoms with van der Waals surface area (Å²) in [7, 11) is 3.20. The molecule has 1 aliphatic rings. The fourth-order valence-electron chi connectivity index (χ4n) is 3.36. The largest absolute Gasteiger partial charge is 0.497 e. The van der Waals surface area contributed by atoms with Gasteiger partial charge in [0.15, 0.2) is 0 Å². The summed E-state index contributed by atoms with van der Waals surface area (Å²) >= 11 is 0. The fourth-order valence-corrected chi connectivity index (χ4v) is 3.36. The first-order valence-electron chi connectivity index (χ1n) is 9.10. The molecule has 0 amide bonds. The molecule has 0 saturated carbocycles. The van der Waals surface area contributed by atoms with Crippen LogP contribution < -0.4 is 26.0 Å². The van der Waals surface area contributed by atoms with E-state index in [1.165, 1.54) is 10.2 Å². The number of hydrogen-bond donors (Lipinski definition) is 2. The van der Waals surface area contributed by atoms with E-state index in [1.807, 2.05) is 36.4 Å². The average Bonchev–Trinajstić information content (AvgIpc) is 3.39. The van der Waals surface area contributed by atoms with Crippen molar-refractivity contribution in [2.75, 3.05) is 27.3 Å². The monoisotopic (exact) mass is 381 g/mol. The number of benzene rings is 2. The van der Waals surface area contributed by atoms with Crippen molar-refractivity contribution in [3.63, 3.8) is 0 Å². The molecule has 0 bridgehead atoms. The molecule has 0 atom stereocenters. The zero-order valence-electron chi connectivity index (χ0n) is 15.9. The Balaban J connectivity index is 1.57. The third-order valence-electron chi connectivity index (χ3n) is 4.93. The van der Waals surface area contributed by atoms with Crippen LogP contribution in [0, 0.1) is 0 Å². The van der Waals surface area contributed by atoms with E-state index in [9.17, 15) is 4.79 Å². The van der Waals surface area contributed by atoms with Crippen LogP contribution >= 0.6 is 0 Å². The normalized spacial score (nSPS) is 14.4. The maximum absolute atomic E-state index is 12.8. The second kappa shape index (κ2) is 7.87. The summed E-state index contributed by atoms with van der Waals surface area (Å²) in [5.74, 6) is 1.80. The molecule has 0 radical (unpaired) electrons. The Hall–Kier alpha value is -3.10. The van der Waals surface area contributed by atoms with Gasteiger partial charge >= 0.3 is 5.69 Å².